The lowest BCUT2D eigenvalue weighted by Gasteiger charge is -2.33. The zero-order valence-electron chi connectivity index (χ0n) is 15.2. The standard InChI is InChI=1S/C18H19F3N6O/c1-10-8-27(5-4-22-10)14-7-11(18(19,20)21)6-13(25-14)16-12-2-3-15(28)26-17(12)24-9-23-16/h6-7,9-10,22H,2-5,8H2,1H3,(H,23,24,26,28)/t10-/m0/s1. The third-order valence-corrected chi connectivity index (χ3v) is 4.88. The number of nitrogens with zero attached hydrogens (tertiary/aromatic N) is 4. The van der Waals surface area contributed by atoms with E-state index in [0.717, 1.165) is 12.1 Å². The SMILES string of the molecule is C[C@H]1CN(c2cc(C(F)(F)F)cc(-c3ncnc4c3CCC(=O)N4)n2)CCN1. The number of hydrogen-bond acceptors (Lipinski definition) is 6. The molecule has 28 heavy (non-hydrogen) atoms. The molecule has 0 unspecified atom stereocenters. The Labute approximate surface area is 159 Å². The number of aromatic nitrogens is 3. The van der Waals surface area contributed by atoms with Crippen LogP contribution in [0.5, 0.6) is 0 Å². The van der Waals surface area contributed by atoms with Crippen LogP contribution in [0.25, 0.3) is 11.4 Å². The number of fused-ring (bicyclic) bond motifs is 1. The molecule has 2 aliphatic rings. The summed E-state index contributed by atoms with van der Waals surface area (Å²) in [5.74, 6) is 0.424. The third-order valence-electron chi connectivity index (χ3n) is 4.88. The summed E-state index contributed by atoms with van der Waals surface area (Å²) < 4.78 is 40.6. The maximum atomic E-state index is 13.5. The van der Waals surface area contributed by atoms with Gasteiger partial charge in [-0.15, -0.1) is 0 Å². The molecule has 0 bridgehead atoms. The highest BCUT2D eigenvalue weighted by molar-refractivity contribution is 5.94. The lowest BCUT2D eigenvalue weighted by molar-refractivity contribution is -0.137. The zero-order chi connectivity index (χ0) is 19.9. The number of anilines is 2. The number of amides is 1. The predicted octanol–water partition coefficient (Wildman–Crippen LogP) is 2.24. The maximum absolute atomic E-state index is 13.5. The number of pyridine rings is 1. The molecule has 1 amide bonds. The van der Waals surface area contributed by atoms with Crippen LogP contribution in [0.2, 0.25) is 0 Å². The van der Waals surface area contributed by atoms with Gasteiger partial charge in [0, 0.05) is 37.7 Å². The summed E-state index contributed by atoms with van der Waals surface area (Å²) in [5.41, 5.74) is 0.283. The van der Waals surface area contributed by atoms with Gasteiger partial charge in [-0.1, -0.05) is 0 Å². The average Bonchev–Trinajstić information content (AvgIpc) is 2.66. The van der Waals surface area contributed by atoms with Crippen molar-refractivity contribution in [2.75, 3.05) is 29.9 Å². The predicted molar refractivity (Wildman–Crippen MR) is 96.9 cm³/mol. The van der Waals surface area contributed by atoms with Gasteiger partial charge in [0.25, 0.3) is 0 Å². The van der Waals surface area contributed by atoms with Gasteiger partial charge in [0.15, 0.2) is 0 Å². The van der Waals surface area contributed by atoms with Gasteiger partial charge in [-0.2, -0.15) is 13.2 Å². The first-order valence-electron chi connectivity index (χ1n) is 9.03. The largest absolute Gasteiger partial charge is 0.416 e. The van der Waals surface area contributed by atoms with Crippen molar-refractivity contribution in [1.29, 1.82) is 0 Å². The Morgan fingerprint density at radius 2 is 2.04 bits per heavy atom. The maximum Gasteiger partial charge on any atom is 0.416 e. The molecule has 148 valence electrons. The van der Waals surface area contributed by atoms with Gasteiger partial charge in [-0.25, -0.2) is 15.0 Å². The molecule has 0 aliphatic carbocycles. The van der Waals surface area contributed by atoms with Gasteiger partial charge >= 0.3 is 6.18 Å². The summed E-state index contributed by atoms with van der Waals surface area (Å²) in [6.07, 6.45) is -2.69. The zero-order valence-corrected chi connectivity index (χ0v) is 15.2. The van der Waals surface area contributed by atoms with Gasteiger partial charge in [0.2, 0.25) is 5.91 Å². The van der Waals surface area contributed by atoms with Crippen molar-refractivity contribution in [3.05, 3.63) is 29.6 Å². The molecule has 1 saturated heterocycles. The number of nitrogens with one attached hydrogen (secondary N) is 2. The molecule has 4 rings (SSSR count). The van der Waals surface area contributed by atoms with Crippen LogP contribution in [-0.2, 0) is 17.4 Å². The second-order valence-corrected chi connectivity index (χ2v) is 7.00. The fraction of sp³-hybridized carbons (Fsp3) is 0.444. The summed E-state index contributed by atoms with van der Waals surface area (Å²) >= 11 is 0. The number of halogens is 3. The second-order valence-electron chi connectivity index (χ2n) is 7.00. The van der Waals surface area contributed by atoms with Crippen molar-refractivity contribution >= 4 is 17.5 Å². The fourth-order valence-electron chi connectivity index (χ4n) is 3.51. The molecular formula is C18H19F3N6O. The molecule has 2 aliphatic heterocycles. The van der Waals surface area contributed by atoms with Crippen LogP contribution in [0.15, 0.2) is 18.5 Å². The summed E-state index contributed by atoms with van der Waals surface area (Å²) in [5, 5.41) is 5.91. The molecule has 1 atom stereocenters. The van der Waals surface area contributed by atoms with Crippen molar-refractivity contribution in [2.24, 2.45) is 0 Å². The molecular weight excluding hydrogens is 373 g/mol. The minimum absolute atomic E-state index is 0.130. The molecule has 0 saturated carbocycles. The lowest BCUT2D eigenvalue weighted by atomic mass is 10.0. The average molecular weight is 392 g/mol. The van der Waals surface area contributed by atoms with Gasteiger partial charge in [0.05, 0.1) is 17.0 Å². The highest BCUT2D eigenvalue weighted by Gasteiger charge is 2.33. The van der Waals surface area contributed by atoms with E-state index in [0.29, 0.717) is 43.1 Å². The Hall–Kier alpha value is -2.75. The minimum Gasteiger partial charge on any atom is -0.354 e. The van der Waals surface area contributed by atoms with Crippen LogP contribution < -0.4 is 15.5 Å². The Kier molecular flexibility index (Phi) is 4.66. The highest BCUT2D eigenvalue weighted by Crippen LogP contribution is 2.36. The van der Waals surface area contributed by atoms with Gasteiger partial charge in [0.1, 0.15) is 18.0 Å². The molecule has 2 aromatic rings. The molecule has 7 nitrogen and oxygen atoms in total. The van der Waals surface area contributed by atoms with Crippen LogP contribution in [0, 0.1) is 0 Å². The van der Waals surface area contributed by atoms with Crippen molar-refractivity contribution < 1.29 is 18.0 Å². The first kappa shape index (κ1) is 18.6. The van der Waals surface area contributed by atoms with E-state index in [-0.39, 0.29) is 29.9 Å². The molecule has 0 aromatic carbocycles. The van der Waals surface area contributed by atoms with E-state index in [1.54, 1.807) is 0 Å². The number of rotatable bonds is 2. The normalized spacial score (nSPS) is 19.9. The van der Waals surface area contributed by atoms with Crippen LogP contribution >= 0.6 is 0 Å². The van der Waals surface area contributed by atoms with E-state index in [4.69, 9.17) is 0 Å². The third kappa shape index (κ3) is 3.64. The quantitative estimate of drug-likeness (QED) is 0.816. The number of alkyl halides is 3. The molecule has 0 spiro atoms. The van der Waals surface area contributed by atoms with Crippen LogP contribution in [0.4, 0.5) is 24.8 Å². The lowest BCUT2D eigenvalue weighted by Crippen LogP contribution is -2.49. The summed E-state index contributed by atoms with van der Waals surface area (Å²) in [6.45, 7) is 3.77. The number of hydrogen-bond donors (Lipinski definition) is 2. The van der Waals surface area contributed by atoms with E-state index in [1.807, 2.05) is 11.8 Å². The van der Waals surface area contributed by atoms with Crippen molar-refractivity contribution in [2.45, 2.75) is 32.0 Å². The minimum atomic E-state index is -4.51. The van der Waals surface area contributed by atoms with Crippen LogP contribution in [-0.4, -0.2) is 46.5 Å². The molecule has 10 heteroatoms. The Balaban J connectivity index is 1.82. The summed E-state index contributed by atoms with van der Waals surface area (Å²) in [7, 11) is 0. The molecule has 0 radical (unpaired) electrons. The second kappa shape index (κ2) is 7.01. The molecule has 2 N–H and O–H groups in total. The topological polar surface area (TPSA) is 83.0 Å². The van der Waals surface area contributed by atoms with E-state index in [9.17, 15) is 18.0 Å². The Morgan fingerprint density at radius 1 is 1.21 bits per heavy atom. The highest BCUT2D eigenvalue weighted by atomic mass is 19.4. The molecule has 1 fully saturated rings. The number of piperazine rings is 1. The van der Waals surface area contributed by atoms with Crippen LogP contribution in [0.1, 0.15) is 24.5 Å². The number of carbonyl (C=O) groups excluding carboxylic acids is 1. The van der Waals surface area contributed by atoms with Crippen molar-refractivity contribution in [1.82, 2.24) is 20.3 Å². The van der Waals surface area contributed by atoms with Gasteiger partial charge in [-0.3, -0.25) is 4.79 Å². The van der Waals surface area contributed by atoms with Gasteiger partial charge < -0.3 is 15.5 Å². The van der Waals surface area contributed by atoms with Gasteiger partial charge in [-0.05, 0) is 25.5 Å². The first-order chi connectivity index (χ1) is 13.3. The summed E-state index contributed by atoms with van der Waals surface area (Å²) in [4.78, 5) is 26.2. The summed E-state index contributed by atoms with van der Waals surface area (Å²) in [6, 6.07) is 2.24. The van der Waals surface area contributed by atoms with E-state index in [1.165, 1.54) is 6.33 Å². The van der Waals surface area contributed by atoms with Crippen molar-refractivity contribution in [3.63, 3.8) is 0 Å². The fourth-order valence-corrected chi connectivity index (χ4v) is 3.51. The first-order valence-corrected chi connectivity index (χ1v) is 9.03. The Morgan fingerprint density at radius 3 is 2.79 bits per heavy atom. The van der Waals surface area contributed by atoms with Crippen molar-refractivity contribution in [3.8, 4) is 11.4 Å². The smallest absolute Gasteiger partial charge is 0.354 e. The van der Waals surface area contributed by atoms with Crippen LogP contribution in [0.3, 0.4) is 0 Å². The Bertz CT molecular complexity index is 917. The van der Waals surface area contributed by atoms with E-state index < -0.39 is 11.7 Å². The van der Waals surface area contributed by atoms with E-state index in [2.05, 4.69) is 25.6 Å². The molecule has 4 heterocycles. The molecule has 2 aromatic heterocycles. The van der Waals surface area contributed by atoms with E-state index >= 15 is 0 Å². The monoisotopic (exact) mass is 392 g/mol. The number of carbonyl (C=O) groups is 1.